The summed E-state index contributed by atoms with van der Waals surface area (Å²) in [7, 11) is 1.84. The number of nitrogens with zero attached hydrogens (tertiary/aromatic N) is 2. The summed E-state index contributed by atoms with van der Waals surface area (Å²) < 4.78 is 0. The van der Waals surface area contributed by atoms with E-state index in [0.717, 1.165) is 16.9 Å². The average Bonchev–Trinajstić information content (AvgIpc) is 2.68. The fraction of sp³-hybridized carbons (Fsp3) is 0.333. The van der Waals surface area contributed by atoms with Gasteiger partial charge in [0.2, 0.25) is 0 Å². The van der Waals surface area contributed by atoms with Crippen LogP contribution in [0.3, 0.4) is 0 Å². The van der Waals surface area contributed by atoms with Gasteiger partial charge in [0.25, 0.3) is 0 Å². The maximum Gasteiger partial charge on any atom is 0.142 e. The van der Waals surface area contributed by atoms with E-state index in [2.05, 4.69) is 20.3 Å². The Morgan fingerprint density at radius 1 is 1.31 bits per heavy atom. The number of aromatic nitrogens is 3. The van der Waals surface area contributed by atoms with Gasteiger partial charge in [0, 0.05) is 13.2 Å². The molecule has 0 aliphatic carbocycles. The monoisotopic (exact) mass is 178 g/mol. The number of hydrogen-bond acceptors (Lipinski definition) is 3. The molecular weight excluding hydrogens is 164 g/mol. The van der Waals surface area contributed by atoms with Gasteiger partial charge in [0.05, 0.1) is 5.39 Å². The molecule has 0 atom stereocenters. The van der Waals surface area contributed by atoms with Crippen LogP contribution in [0, 0.1) is 0 Å². The zero-order chi connectivity index (χ0) is 9.68. The second-order valence-electron chi connectivity index (χ2n) is 2.21. The van der Waals surface area contributed by atoms with Crippen molar-refractivity contribution in [3.63, 3.8) is 0 Å². The Morgan fingerprint density at radius 2 is 2.08 bits per heavy atom. The minimum Gasteiger partial charge on any atom is -0.372 e. The number of nitrogens with one attached hydrogen (secondary N) is 2. The molecule has 13 heavy (non-hydrogen) atoms. The van der Waals surface area contributed by atoms with Crippen LogP contribution in [-0.2, 0) is 0 Å². The van der Waals surface area contributed by atoms with Crippen LogP contribution in [0.15, 0.2) is 18.6 Å². The van der Waals surface area contributed by atoms with Crippen molar-refractivity contribution in [3.05, 3.63) is 18.6 Å². The first-order chi connectivity index (χ1) is 6.42. The maximum absolute atomic E-state index is 4.06. The second-order valence-corrected chi connectivity index (χ2v) is 2.21. The van der Waals surface area contributed by atoms with Gasteiger partial charge in [0.1, 0.15) is 17.8 Å². The van der Waals surface area contributed by atoms with E-state index in [-0.39, 0.29) is 0 Å². The third-order valence-corrected chi connectivity index (χ3v) is 1.59. The number of hydrogen-bond donors (Lipinski definition) is 2. The largest absolute Gasteiger partial charge is 0.372 e. The van der Waals surface area contributed by atoms with E-state index in [4.69, 9.17) is 0 Å². The predicted molar refractivity (Wildman–Crippen MR) is 54.8 cm³/mol. The lowest BCUT2D eigenvalue weighted by Gasteiger charge is -1.97. The Bertz CT molecular complexity index is 366. The second kappa shape index (κ2) is 4.45. The van der Waals surface area contributed by atoms with E-state index < -0.39 is 0 Å². The van der Waals surface area contributed by atoms with Crippen LogP contribution >= 0.6 is 0 Å². The summed E-state index contributed by atoms with van der Waals surface area (Å²) in [5.41, 5.74) is 0.865. The Labute approximate surface area is 77.4 Å². The van der Waals surface area contributed by atoms with E-state index in [1.165, 1.54) is 6.33 Å². The lowest BCUT2D eigenvalue weighted by atomic mass is 10.4. The summed E-state index contributed by atoms with van der Waals surface area (Å²) in [4.78, 5) is 11.1. The van der Waals surface area contributed by atoms with Gasteiger partial charge in [-0.15, -0.1) is 0 Å². The lowest BCUT2D eigenvalue weighted by Crippen LogP contribution is -1.92. The van der Waals surface area contributed by atoms with E-state index in [9.17, 15) is 0 Å². The van der Waals surface area contributed by atoms with Crippen LogP contribution in [0.2, 0.25) is 0 Å². The maximum atomic E-state index is 4.06. The zero-order valence-corrected chi connectivity index (χ0v) is 8.13. The van der Waals surface area contributed by atoms with Crippen molar-refractivity contribution < 1.29 is 0 Å². The van der Waals surface area contributed by atoms with Crippen LogP contribution in [0.4, 0.5) is 5.82 Å². The number of fused-ring (bicyclic) bond motifs is 1. The fourth-order valence-corrected chi connectivity index (χ4v) is 1.07. The Morgan fingerprint density at radius 3 is 2.77 bits per heavy atom. The van der Waals surface area contributed by atoms with Crippen LogP contribution in [0.1, 0.15) is 13.8 Å². The molecule has 2 heterocycles. The predicted octanol–water partition coefficient (Wildman–Crippen LogP) is 2.03. The van der Waals surface area contributed by atoms with Gasteiger partial charge in [0.15, 0.2) is 0 Å². The normalized spacial score (nSPS) is 9.15. The smallest absolute Gasteiger partial charge is 0.142 e. The molecule has 0 saturated carbocycles. The van der Waals surface area contributed by atoms with Crippen molar-refractivity contribution in [1.82, 2.24) is 15.0 Å². The Kier molecular flexibility index (Phi) is 3.25. The van der Waals surface area contributed by atoms with Crippen LogP contribution < -0.4 is 5.32 Å². The van der Waals surface area contributed by atoms with Crippen molar-refractivity contribution in [2.75, 3.05) is 12.4 Å². The van der Waals surface area contributed by atoms with Gasteiger partial charge >= 0.3 is 0 Å². The van der Waals surface area contributed by atoms with Gasteiger partial charge in [-0.1, -0.05) is 13.8 Å². The molecule has 0 aliphatic rings. The summed E-state index contributed by atoms with van der Waals surface area (Å²) in [6, 6.07) is 1.95. The minimum atomic E-state index is 0.858. The minimum absolute atomic E-state index is 0.858. The van der Waals surface area contributed by atoms with Crippen LogP contribution in [0.5, 0.6) is 0 Å². The molecule has 2 N–H and O–H groups in total. The number of H-pyrrole nitrogens is 1. The standard InChI is InChI=1S/C7H8N4.C2H6/c1-8-6-5-2-3-9-7(5)11-4-10-6;1-2/h2-4H,1H3,(H2,8,9,10,11);1-2H3. The summed E-state index contributed by atoms with van der Waals surface area (Å²) in [6.45, 7) is 4.00. The summed E-state index contributed by atoms with van der Waals surface area (Å²) >= 11 is 0. The van der Waals surface area contributed by atoms with Crippen molar-refractivity contribution in [3.8, 4) is 0 Å². The molecule has 0 aliphatic heterocycles. The molecule has 70 valence electrons. The van der Waals surface area contributed by atoms with Gasteiger partial charge in [-0.05, 0) is 6.07 Å². The van der Waals surface area contributed by atoms with Crippen molar-refractivity contribution >= 4 is 16.9 Å². The quantitative estimate of drug-likeness (QED) is 0.702. The average molecular weight is 178 g/mol. The highest BCUT2D eigenvalue weighted by Crippen LogP contribution is 2.15. The number of aromatic amines is 1. The summed E-state index contributed by atoms with van der Waals surface area (Å²) in [5, 5.41) is 4.01. The van der Waals surface area contributed by atoms with Crippen LogP contribution in [0.25, 0.3) is 11.0 Å². The summed E-state index contributed by atoms with van der Waals surface area (Å²) in [6.07, 6.45) is 3.38. The molecule has 0 aromatic carbocycles. The highest BCUT2D eigenvalue weighted by Gasteiger charge is 1.99. The topological polar surface area (TPSA) is 53.6 Å². The van der Waals surface area contributed by atoms with Gasteiger partial charge in [-0.25, -0.2) is 9.97 Å². The molecule has 0 bridgehead atoms. The number of rotatable bonds is 1. The molecule has 4 heteroatoms. The van der Waals surface area contributed by atoms with Crippen molar-refractivity contribution in [2.24, 2.45) is 0 Å². The fourth-order valence-electron chi connectivity index (χ4n) is 1.07. The Hall–Kier alpha value is -1.58. The molecule has 4 nitrogen and oxygen atoms in total. The third-order valence-electron chi connectivity index (χ3n) is 1.59. The van der Waals surface area contributed by atoms with Crippen molar-refractivity contribution in [2.45, 2.75) is 13.8 Å². The van der Waals surface area contributed by atoms with E-state index in [1.54, 1.807) is 0 Å². The molecule has 0 unspecified atom stereocenters. The Balaban J connectivity index is 0.000000396. The SMILES string of the molecule is CC.CNc1ncnc2[nH]ccc12. The van der Waals surface area contributed by atoms with E-state index in [1.807, 2.05) is 33.2 Å². The third kappa shape index (κ3) is 1.77. The highest BCUT2D eigenvalue weighted by atomic mass is 15.0. The zero-order valence-electron chi connectivity index (χ0n) is 8.13. The van der Waals surface area contributed by atoms with Crippen molar-refractivity contribution in [1.29, 1.82) is 0 Å². The molecule has 2 aromatic heterocycles. The van der Waals surface area contributed by atoms with E-state index >= 15 is 0 Å². The summed E-state index contributed by atoms with van der Waals surface area (Å²) in [5.74, 6) is 0.858. The van der Waals surface area contributed by atoms with Gasteiger partial charge in [-0.3, -0.25) is 0 Å². The molecule has 0 spiro atoms. The van der Waals surface area contributed by atoms with Gasteiger partial charge < -0.3 is 10.3 Å². The molecule has 0 radical (unpaired) electrons. The molecule has 0 fully saturated rings. The molecule has 0 saturated heterocycles. The molecular formula is C9H14N4. The highest BCUT2D eigenvalue weighted by molar-refractivity contribution is 5.86. The lowest BCUT2D eigenvalue weighted by molar-refractivity contribution is 1.19. The molecule has 0 amide bonds. The first kappa shape index (κ1) is 9.51. The van der Waals surface area contributed by atoms with E-state index in [0.29, 0.717) is 0 Å². The van der Waals surface area contributed by atoms with Crippen LogP contribution in [-0.4, -0.2) is 22.0 Å². The molecule has 2 aromatic rings. The van der Waals surface area contributed by atoms with Gasteiger partial charge in [-0.2, -0.15) is 0 Å². The first-order valence-corrected chi connectivity index (χ1v) is 4.37. The molecule has 2 rings (SSSR count). The first-order valence-electron chi connectivity index (χ1n) is 4.37. The number of anilines is 1.